The van der Waals surface area contributed by atoms with Gasteiger partial charge in [-0.15, -0.1) is 0 Å². The van der Waals surface area contributed by atoms with E-state index in [0.29, 0.717) is 0 Å². The molecule has 0 aliphatic carbocycles. The molecule has 0 saturated carbocycles. The van der Waals surface area contributed by atoms with Crippen LogP contribution in [0.15, 0.2) is 17.1 Å². The van der Waals surface area contributed by atoms with Crippen LogP contribution in [0.4, 0.5) is 5.82 Å². The molecular weight excluding hydrogens is 573 g/mol. The fraction of sp³-hybridized carbons (Fsp3) is 0.769. The van der Waals surface area contributed by atoms with Gasteiger partial charge in [0, 0.05) is 6.20 Å². The van der Waals surface area contributed by atoms with Crippen LogP contribution in [-0.4, -0.2) is 81.4 Å². The Morgan fingerprint density at radius 2 is 1.62 bits per heavy atom. The molecule has 2 rings (SSSR count). The first-order chi connectivity index (χ1) is 19.5. The van der Waals surface area contributed by atoms with Gasteiger partial charge < -0.3 is 34.7 Å². The first kappa shape index (κ1) is 35.8. The molecule has 1 aliphatic heterocycles. The first-order valence-corrected chi connectivity index (χ1v) is 15.7. The molecule has 15 nitrogen and oxygen atoms in total. The fourth-order valence-electron chi connectivity index (χ4n) is 4.51. The van der Waals surface area contributed by atoms with Gasteiger partial charge in [0.2, 0.25) is 0 Å². The lowest BCUT2D eigenvalue weighted by Crippen LogP contribution is -2.47. The zero-order valence-corrected chi connectivity index (χ0v) is 26.2. The number of rotatable bonds is 16. The van der Waals surface area contributed by atoms with Crippen molar-refractivity contribution < 1.29 is 43.1 Å². The van der Waals surface area contributed by atoms with E-state index < -0.39 is 68.0 Å². The second-order valence-electron chi connectivity index (χ2n) is 11.2. The number of esters is 2. The maximum Gasteiger partial charge on any atom is 0.351 e. The van der Waals surface area contributed by atoms with E-state index in [1.54, 1.807) is 13.8 Å². The van der Waals surface area contributed by atoms with E-state index in [2.05, 4.69) is 15.2 Å². The molecule has 1 aliphatic rings. The summed E-state index contributed by atoms with van der Waals surface area (Å²) in [5.41, 5.74) is 2.75. The Balaban J connectivity index is 2.40. The van der Waals surface area contributed by atoms with Crippen molar-refractivity contribution in [3.8, 4) is 0 Å². The van der Waals surface area contributed by atoms with E-state index in [9.17, 15) is 29.2 Å². The highest BCUT2D eigenvalue weighted by Gasteiger charge is 2.54. The molecule has 1 aromatic rings. The molecule has 1 saturated heterocycles. The van der Waals surface area contributed by atoms with Gasteiger partial charge >= 0.3 is 25.3 Å². The number of hydrogen-bond acceptors (Lipinski definition) is 12. The number of nitrogens with zero attached hydrogens (tertiary/aromatic N) is 2. The van der Waals surface area contributed by atoms with Crippen LogP contribution in [0.25, 0.3) is 0 Å². The lowest BCUT2D eigenvalue weighted by atomic mass is 9.96. The lowest BCUT2D eigenvalue weighted by molar-refractivity contribution is -0.146. The number of aromatic nitrogens is 2. The molecule has 42 heavy (non-hydrogen) atoms. The number of carbonyl (C=O) groups excluding carboxylic acids is 2. The molecule has 0 amide bonds. The third-order valence-electron chi connectivity index (χ3n) is 6.49. The standard InChI is InChI=1S/C26H46N5O10P/c1-8-38-22(33)17(12-15(3)4)29-42(37,30-18(13-16(5)6)23(34)39-9-2)40-14-19-21(32)26(7,36)24(41-19)31-11-10-20(27)28-25(31)35/h10-11,15-19,21,24,32,36H,8-9,12-14H2,1-7H3,(H2,27,28,35)(H2,29,30,37)/t17?,18?,19-,21?,24-,26?,42?/m1/s1. The van der Waals surface area contributed by atoms with Crippen LogP contribution >= 0.6 is 7.67 Å². The minimum absolute atomic E-state index is 0.0143. The third kappa shape index (κ3) is 9.56. The van der Waals surface area contributed by atoms with E-state index in [4.69, 9.17) is 24.5 Å². The molecule has 240 valence electrons. The molecule has 1 aromatic heterocycles. The zero-order chi connectivity index (χ0) is 31.8. The van der Waals surface area contributed by atoms with Gasteiger partial charge in [-0.3, -0.25) is 18.7 Å². The van der Waals surface area contributed by atoms with E-state index in [0.717, 1.165) is 4.57 Å². The van der Waals surface area contributed by atoms with Crippen molar-refractivity contribution in [2.75, 3.05) is 25.6 Å². The molecule has 1 fully saturated rings. The highest BCUT2D eigenvalue weighted by Crippen LogP contribution is 2.44. The zero-order valence-electron chi connectivity index (χ0n) is 25.3. The molecule has 0 aromatic carbocycles. The van der Waals surface area contributed by atoms with Crippen LogP contribution in [0, 0.1) is 11.8 Å². The summed E-state index contributed by atoms with van der Waals surface area (Å²) in [6, 6.07) is -0.821. The van der Waals surface area contributed by atoms with Crippen molar-refractivity contribution in [1.82, 2.24) is 19.7 Å². The van der Waals surface area contributed by atoms with Crippen molar-refractivity contribution >= 4 is 25.4 Å². The number of nitrogens with one attached hydrogen (secondary N) is 2. The number of carbonyl (C=O) groups is 2. The summed E-state index contributed by atoms with van der Waals surface area (Å²) >= 11 is 0. The minimum Gasteiger partial charge on any atom is -0.465 e. The van der Waals surface area contributed by atoms with Gasteiger partial charge in [-0.1, -0.05) is 27.7 Å². The van der Waals surface area contributed by atoms with Crippen LogP contribution in [-0.2, 0) is 32.9 Å². The predicted octanol–water partition coefficient (Wildman–Crippen LogP) is 1.09. The number of anilines is 1. The molecule has 4 unspecified atom stereocenters. The second-order valence-corrected chi connectivity index (χ2v) is 13.1. The van der Waals surface area contributed by atoms with Crippen molar-refractivity contribution in [3.63, 3.8) is 0 Å². The number of nitrogens with two attached hydrogens (primary N) is 1. The van der Waals surface area contributed by atoms with Crippen molar-refractivity contribution in [3.05, 3.63) is 22.7 Å². The molecule has 2 heterocycles. The predicted molar refractivity (Wildman–Crippen MR) is 153 cm³/mol. The largest absolute Gasteiger partial charge is 0.465 e. The topological polar surface area (TPSA) is 214 Å². The molecule has 0 bridgehead atoms. The SMILES string of the molecule is CCOC(=O)C(CC(C)C)NP(=O)(NC(CC(C)C)C(=O)OCC)OC[C@H]1O[C@@H](n2ccc(N)nc2=O)C(C)(O)C1O. The number of ether oxygens (including phenoxy) is 3. The fourth-order valence-corrected chi connectivity index (χ4v) is 6.34. The third-order valence-corrected chi connectivity index (χ3v) is 8.30. The molecule has 0 spiro atoms. The Morgan fingerprint density at radius 3 is 2.05 bits per heavy atom. The Hall–Kier alpha value is -2.39. The van der Waals surface area contributed by atoms with Crippen LogP contribution in [0.2, 0.25) is 0 Å². The van der Waals surface area contributed by atoms with Crippen LogP contribution in [0.3, 0.4) is 0 Å². The van der Waals surface area contributed by atoms with Crippen molar-refractivity contribution in [1.29, 1.82) is 0 Å². The Bertz CT molecular complexity index is 1120. The normalized spacial score (nSPS) is 25.3. The minimum atomic E-state index is -4.30. The number of hydrogen-bond donors (Lipinski definition) is 5. The monoisotopic (exact) mass is 619 g/mol. The number of aliphatic hydroxyl groups excluding tert-OH is 1. The van der Waals surface area contributed by atoms with Crippen LogP contribution in [0.1, 0.15) is 67.5 Å². The molecule has 0 radical (unpaired) electrons. The van der Waals surface area contributed by atoms with Gasteiger partial charge in [0.15, 0.2) is 6.23 Å². The smallest absolute Gasteiger partial charge is 0.351 e. The van der Waals surface area contributed by atoms with Crippen LogP contribution in [0.5, 0.6) is 0 Å². The summed E-state index contributed by atoms with van der Waals surface area (Å²) in [4.78, 5) is 41.6. The molecule has 6 atom stereocenters. The van der Waals surface area contributed by atoms with Gasteiger partial charge in [-0.2, -0.15) is 4.98 Å². The summed E-state index contributed by atoms with van der Waals surface area (Å²) < 4.78 is 37.2. The summed E-state index contributed by atoms with van der Waals surface area (Å²) in [7, 11) is -4.30. The lowest BCUT2D eigenvalue weighted by Gasteiger charge is -2.30. The van der Waals surface area contributed by atoms with Gasteiger partial charge in [-0.25, -0.2) is 15.0 Å². The van der Waals surface area contributed by atoms with Crippen molar-refractivity contribution in [2.24, 2.45) is 11.8 Å². The maximum absolute atomic E-state index is 14.3. The molecule has 16 heteroatoms. The molecule has 6 N–H and O–H groups in total. The van der Waals surface area contributed by atoms with Crippen molar-refractivity contribution in [2.45, 2.75) is 97.4 Å². The highest BCUT2D eigenvalue weighted by molar-refractivity contribution is 7.54. The Kier molecular flexibility index (Phi) is 13.1. The first-order valence-electron chi connectivity index (χ1n) is 14.1. The quantitative estimate of drug-likeness (QED) is 0.129. The average molecular weight is 620 g/mol. The summed E-state index contributed by atoms with van der Waals surface area (Å²) in [5, 5.41) is 27.4. The number of nitrogen functional groups attached to an aromatic ring is 1. The molecular formula is C26H46N5O10P. The van der Waals surface area contributed by atoms with Gasteiger partial charge in [-0.05, 0) is 51.5 Å². The average Bonchev–Trinajstić information content (AvgIpc) is 3.10. The highest BCUT2D eigenvalue weighted by atomic mass is 31.2. The summed E-state index contributed by atoms with van der Waals surface area (Å²) in [6.45, 7) is 11.6. The van der Waals surface area contributed by atoms with Gasteiger partial charge in [0.05, 0.1) is 19.8 Å². The summed E-state index contributed by atoms with van der Waals surface area (Å²) in [6.07, 6.45) is -2.55. The summed E-state index contributed by atoms with van der Waals surface area (Å²) in [5.74, 6) is -1.39. The van der Waals surface area contributed by atoms with Gasteiger partial charge in [0.1, 0.15) is 35.7 Å². The Morgan fingerprint density at radius 1 is 1.12 bits per heavy atom. The van der Waals surface area contributed by atoms with Crippen LogP contribution < -0.4 is 21.6 Å². The maximum atomic E-state index is 14.3. The van der Waals surface area contributed by atoms with E-state index in [-0.39, 0.29) is 43.7 Å². The van der Waals surface area contributed by atoms with E-state index in [1.807, 2.05) is 27.7 Å². The number of aliphatic hydroxyl groups is 2. The van der Waals surface area contributed by atoms with Gasteiger partial charge in [0.25, 0.3) is 0 Å². The Labute approximate surface area is 246 Å². The second kappa shape index (κ2) is 15.4. The van der Waals surface area contributed by atoms with E-state index in [1.165, 1.54) is 19.2 Å². The van der Waals surface area contributed by atoms with E-state index >= 15 is 0 Å².